The van der Waals surface area contributed by atoms with Crippen LogP contribution in [-0.2, 0) is 13.0 Å². The predicted molar refractivity (Wildman–Crippen MR) is 79.2 cm³/mol. The van der Waals surface area contributed by atoms with E-state index in [1.165, 1.54) is 0 Å². The Labute approximate surface area is 121 Å². The summed E-state index contributed by atoms with van der Waals surface area (Å²) in [6.45, 7) is 9.35. The molecule has 0 saturated carbocycles. The quantitative estimate of drug-likeness (QED) is 0.836. The lowest BCUT2D eigenvalue weighted by atomic mass is 9.87. The number of likely N-dealkylation sites (tertiary alicyclic amines) is 1. The minimum Gasteiger partial charge on any atom is -0.393 e. The van der Waals surface area contributed by atoms with Crippen LogP contribution in [0.1, 0.15) is 51.7 Å². The van der Waals surface area contributed by atoms with Gasteiger partial charge >= 0.3 is 0 Å². The standard InChI is InChI=1S/C15H28N4O/c1-4-14-16-15(18-17-14)10-19-7-5-12(6-8-19)13(20)9-11(2)3/h11-13,20H,4-10H2,1-3H3,(H,16,17,18)/t13-/m0/s1. The van der Waals surface area contributed by atoms with Crippen molar-refractivity contribution in [3.05, 3.63) is 11.6 Å². The summed E-state index contributed by atoms with van der Waals surface area (Å²) < 4.78 is 0. The molecule has 0 bridgehead atoms. The van der Waals surface area contributed by atoms with Crippen molar-refractivity contribution in [3.8, 4) is 0 Å². The Morgan fingerprint density at radius 1 is 1.35 bits per heavy atom. The van der Waals surface area contributed by atoms with Crippen LogP contribution in [0, 0.1) is 11.8 Å². The van der Waals surface area contributed by atoms with E-state index in [0.717, 1.165) is 57.0 Å². The molecular weight excluding hydrogens is 252 g/mol. The fraction of sp³-hybridized carbons (Fsp3) is 0.867. The van der Waals surface area contributed by atoms with Crippen LogP contribution in [0.15, 0.2) is 0 Å². The van der Waals surface area contributed by atoms with Crippen molar-refractivity contribution < 1.29 is 5.11 Å². The third kappa shape index (κ3) is 4.28. The van der Waals surface area contributed by atoms with E-state index < -0.39 is 0 Å². The fourth-order valence-electron chi connectivity index (χ4n) is 2.95. The van der Waals surface area contributed by atoms with Crippen molar-refractivity contribution in [2.75, 3.05) is 13.1 Å². The molecule has 0 spiro atoms. The zero-order valence-corrected chi connectivity index (χ0v) is 13.0. The minimum atomic E-state index is -0.130. The molecule has 1 saturated heterocycles. The second kappa shape index (κ2) is 7.18. The molecule has 1 aliphatic rings. The lowest BCUT2D eigenvalue weighted by molar-refractivity contribution is 0.0431. The summed E-state index contributed by atoms with van der Waals surface area (Å²) in [5, 5.41) is 17.4. The smallest absolute Gasteiger partial charge is 0.150 e. The van der Waals surface area contributed by atoms with Crippen LogP contribution in [0.3, 0.4) is 0 Å². The fourth-order valence-corrected chi connectivity index (χ4v) is 2.95. The summed E-state index contributed by atoms with van der Waals surface area (Å²) in [6.07, 6.45) is 3.84. The predicted octanol–water partition coefficient (Wildman–Crippen LogP) is 1.99. The van der Waals surface area contributed by atoms with Crippen molar-refractivity contribution in [2.45, 2.75) is 59.1 Å². The molecule has 0 amide bonds. The minimum absolute atomic E-state index is 0.130. The number of hydrogen-bond acceptors (Lipinski definition) is 4. The van der Waals surface area contributed by atoms with Crippen molar-refractivity contribution in [3.63, 3.8) is 0 Å². The number of rotatable bonds is 6. The van der Waals surface area contributed by atoms with E-state index in [4.69, 9.17) is 0 Å². The Kier molecular flexibility index (Phi) is 5.54. The van der Waals surface area contributed by atoms with Gasteiger partial charge in [0.25, 0.3) is 0 Å². The largest absolute Gasteiger partial charge is 0.393 e. The molecule has 5 heteroatoms. The summed E-state index contributed by atoms with van der Waals surface area (Å²) in [6, 6.07) is 0. The average Bonchev–Trinajstić information content (AvgIpc) is 2.86. The summed E-state index contributed by atoms with van der Waals surface area (Å²) in [4.78, 5) is 6.86. The number of aliphatic hydroxyl groups is 1. The average molecular weight is 280 g/mol. The number of aromatic nitrogens is 3. The Balaban J connectivity index is 1.76. The third-order valence-electron chi connectivity index (χ3n) is 4.16. The van der Waals surface area contributed by atoms with Gasteiger partial charge in [0, 0.05) is 6.42 Å². The molecule has 0 radical (unpaired) electrons. The van der Waals surface area contributed by atoms with Crippen molar-refractivity contribution in [2.24, 2.45) is 11.8 Å². The van der Waals surface area contributed by atoms with Gasteiger partial charge in [0.15, 0.2) is 0 Å². The van der Waals surface area contributed by atoms with E-state index in [1.807, 2.05) is 0 Å². The highest BCUT2D eigenvalue weighted by Gasteiger charge is 2.26. The SMILES string of the molecule is CCc1n[nH]c(CN2CCC([C@@H](O)CC(C)C)CC2)n1. The summed E-state index contributed by atoms with van der Waals surface area (Å²) in [7, 11) is 0. The van der Waals surface area contributed by atoms with Gasteiger partial charge in [-0.1, -0.05) is 20.8 Å². The molecule has 1 atom stereocenters. The van der Waals surface area contributed by atoms with Crippen LogP contribution in [0.4, 0.5) is 0 Å². The topological polar surface area (TPSA) is 65.0 Å². The second-order valence-corrected chi connectivity index (χ2v) is 6.36. The third-order valence-corrected chi connectivity index (χ3v) is 4.16. The lowest BCUT2D eigenvalue weighted by Gasteiger charge is -2.34. The van der Waals surface area contributed by atoms with E-state index in [-0.39, 0.29) is 6.10 Å². The summed E-state index contributed by atoms with van der Waals surface area (Å²) in [5.41, 5.74) is 0. The van der Waals surface area contributed by atoms with Crippen LogP contribution in [0.5, 0.6) is 0 Å². The van der Waals surface area contributed by atoms with Gasteiger partial charge < -0.3 is 5.11 Å². The molecule has 1 aliphatic heterocycles. The molecule has 0 aromatic carbocycles. The second-order valence-electron chi connectivity index (χ2n) is 6.36. The van der Waals surface area contributed by atoms with Crippen LogP contribution in [0.2, 0.25) is 0 Å². The number of H-pyrrole nitrogens is 1. The van der Waals surface area contributed by atoms with Gasteiger partial charge in [-0.05, 0) is 44.2 Å². The molecule has 1 aromatic heterocycles. The van der Waals surface area contributed by atoms with Crippen molar-refractivity contribution in [1.29, 1.82) is 0 Å². The Hall–Kier alpha value is -0.940. The first-order valence-electron chi connectivity index (χ1n) is 7.89. The van der Waals surface area contributed by atoms with E-state index in [1.54, 1.807) is 0 Å². The van der Waals surface area contributed by atoms with Crippen LogP contribution < -0.4 is 0 Å². The maximum Gasteiger partial charge on any atom is 0.150 e. The van der Waals surface area contributed by atoms with Gasteiger partial charge in [-0.15, -0.1) is 0 Å². The molecule has 2 heterocycles. The van der Waals surface area contributed by atoms with E-state index in [9.17, 15) is 5.11 Å². The highest BCUT2D eigenvalue weighted by atomic mass is 16.3. The van der Waals surface area contributed by atoms with Crippen molar-refractivity contribution in [1.82, 2.24) is 20.1 Å². The Bertz CT molecular complexity index is 396. The monoisotopic (exact) mass is 280 g/mol. The molecule has 0 aliphatic carbocycles. The summed E-state index contributed by atoms with van der Waals surface area (Å²) >= 11 is 0. The zero-order valence-electron chi connectivity index (χ0n) is 13.0. The highest BCUT2D eigenvalue weighted by molar-refractivity contribution is 4.90. The van der Waals surface area contributed by atoms with Crippen LogP contribution in [0.25, 0.3) is 0 Å². The van der Waals surface area contributed by atoms with Crippen LogP contribution >= 0.6 is 0 Å². The van der Waals surface area contributed by atoms with Gasteiger partial charge in [0.05, 0.1) is 12.6 Å². The van der Waals surface area contributed by atoms with Gasteiger partial charge in [-0.2, -0.15) is 5.10 Å². The summed E-state index contributed by atoms with van der Waals surface area (Å²) in [5.74, 6) is 2.89. The first-order valence-corrected chi connectivity index (χ1v) is 7.89. The molecule has 1 fully saturated rings. The number of nitrogens with one attached hydrogen (secondary N) is 1. The first kappa shape index (κ1) is 15.4. The van der Waals surface area contributed by atoms with Gasteiger partial charge in [-0.3, -0.25) is 10.00 Å². The van der Waals surface area contributed by atoms with E-state index >= 15 is 0 Å². The van der Waals surface area contributed by atoms with Gasteiger partial charge in [0.2, 0.25) is 0 Å². The number of aryl methyl sites for hydroxylation is 1. The number of aromatic amines is 1. The van der Waals surface area contributed by atoms with Crippen LogP contribution in [-0.4, -0.2) is 44.4 Å². The van der Waals surface area contributed by atoms with Gasteiger partial charge in [0.1, 0.15) is 11.6 Å². The van der Waals surface area contributed by atoms with Gasteiger partial charge in [-0.25, -0.2) is 4.98 Å². The molecule has 2 rings (SSSR count). The Morgan fingerprint density at radius 2 is 2.05 bits per heavy atom. The first-order chi connectivity index (χ1) is 9.58. The number of nitrogens with zero attached hydrogens (tertiary/aromatic N) is 3. The normalized spacial score (nSPS) is 19.6. The molecule has 114 valence electrons. The molecular formula is C15H28N4O. The van der Waals surface area contributed by atoms with E-state index in [2.05, 4.69) is 40.9 Å². The highest BCUT2D eigenvalue weighted by Crippen LogP contribution is 2.24. The lowest BCUT2D eigenvalue weighted by Crippen LogP contribution is -2.38. The number of hydrogen-bond donors (Lipinski definition) is 2. The number of piperidine rings is 1. The van der Waals surface area contributed by atoms with E-state index in [0.29, 0.717) is 11.8 Å². The maximum absolute atomic E-state index is 10.2. The molecule has 0 unspecified atom stereocenters. The Morgan fingerprint density at radius 3 is 2.60 bits per heavy atom. The molecule has 2 N–H and O–H groups in total. The molecule has 1 aromatic rings. The maximum atomic E-state index is 10.2. The van der Waals surface area contributed by atoms with Crippen molar-refractivity contribution >= 4 is 0 Å². The number of aliphatic hydroxyl groups excluding tert-OH is 1. The molecule has 20 heavy (non-hydrogen) atoms. The zero-order chi connectivity index (χ0) is 14.5. The molecule has 5 nitrogen and oxygen atoms in total.